The first-order valence-electron chi connectivity index (χ1n) is 3.89. The molecular formula is C8H18ClN. The molecule has 0 aliphatic rings. The van der Waals surface area contributed by atoms with Gasteiger partial charge in [-0.3, -0.25) is 0 Å². The Morgan fingerprint density at radius 2 is 2.00 bits per heavy atom. The summed E-state index contributed by atoms with van der Waals surface area (Å²) in [5.41, 5.74) is 0.0670. The maximum Gasteiger partial charge on any atom is 0.0484 e. The lowest BCUT2D eigenvalue weighted by molar-refractivity contribution is 0.383. The number of hydrogen-bond acceptors (Lipinski definition) is 1. The lowest BCUT2D eigenvalue weighted by Gasteiger charge is -2.28. The highest BCUT2D eigenvalue weighted by atomic mass is 35.5. The number of rotatable bonds is 4. The second kappa shape index (κ2) is 4.20. The average molecular weight is 164 g/mol. The van der Waals surface area contributed by atoms with Gasteiger partial charge in [0.15, 0.2) is 0 Å². The van der Waals surface area contributed by atoms with Crippen LogP contribution in [0.4, 0.5) is 0 Å². The van der Waals surface area contributed by atoms with E-state index in [0.29, 0.717) is 0 Å². The molecular weight excluding hydrogens is 146 g/mol. The Morgan fingerprint density at radius 1 is 1.50 bits per heavy atom. The number of hydrogen-bond donors (Lipinski definition) is 1. The summed E-state index contributed by atoms with van der Waals surface area (Å²) in [6, 6.07) is 0. The second-order valence-electron chi connectivity index (χ2n) is 3.26. The second-order valence-corrected chi connectivity index (χ2v) is 3.92. The summed E-state index contributed by atoms with van der Waals surface area (Å²) < 4.78 is 0. The largest absolute Gasteiger partial charge is 0.310 e. The summed E-state index contributed by atoms with van der Waals surface area (Å²) in [4.78, 5) is 0. The van der Waals surface area contributed by atoms with Crippen LogP contribution in [0.3, 0.4) is 0 Å². The molecule has 0 aliphatic heterocycles. The van der Waals surface area contributed by atoms with Crippen LogP contribution in [0.5, 0.6) is 0 Å². The zero-order chi connectivity index (χ0) is 8.20. The van der Waals surface area contributed by atoms with Gasteiger partial charge in [0.25, 0.3) is 0 Å². The number of nitrogens with one attached hydrogen (secondary N) is 1. The quantitative estimate of drug-likeness (QED) is 0.628. The third-order valence-electron chi connectivity index (χ3n) is 1.83. The molecule has 1 nitrogen and oxygen atoms in total. The first-order chi connectivity index (χ1) is 4.50. The van der Waals surface area contributed by atoms with Gasteiger partial charge in [-0.2, -0.15) is 0 Å². The fourth-order valence-electron chi connectivity index (χ4n) is 0.588. The molecule has 0 aromatic rings. The van der Waals surface area contributed by atoms with Gasteiger partial charge >= 0.3 is 0 Å². The minimum absolute atomic E-state index is 0.0670. The van der Waals surface area contributed by atoms with Crippen LogP contribution in [0.25, 0.3) is 0 Å². The van der Waals surface area contributed by atoms with E-state index >= 15 is 0 Å². The molecule has 0 heterocycles. The van der Waals surface area contributed by atoms with E-state index in [1.165, 1.54) is 0 Å². The Balaban J connectivity index is 3.63. The van der Waals surface area contributed by atoms with Crippen molar-refractivity contribution in [1.82, 2.24) is 5.32 Å². The monoisotopic (exact) mass is 163 g/mol. The lowest BCUT2D eigenvalue weighted by Crippen LogP contribution is -2.46. The molecule has 0 saturated carbocycles. The van der Waals surface area contributed by atoms with Crippen LogP contribution in [0, 0.1) is 0 Å². The molecule has 1 unspecified atom stereocenters. The Hall–Kier alpha value is 0.250. The molecule has 0 amide bonds. The Morgan fingerprint density at radius 3 is 2.30 bits per heavy atom. The molecule has 0 aromatic heterocycles. The van der Waals surface area contributed by atoms with Crippen LogP contribution in [0.2, 0.25) is 0 Å². The van der Waals surface area contributed by atoms with E-state index < -0.39 is 0 Å². The Bertz CT molecular complexity index is 89.3. The van der Waals surface area contributed by atoms with E-state index in [-0.39, 0.29) is 10.9 Å². The van der Waals surface area contributed by atoms with Gasteiger partial charge in [0.2, 0.25) is 0 Å². The molecule has 2 heteroatoms. The topological polar surface area (TPSA) is 12.0 Å². The molecule has 0 fully saturated rings. The zero-order valence-electron chi connectivity index (χ0n) is 7.37. The summed E-state index contributed by atoms with van der Waals surface area (Å²) >= 11 is 5.94. The number of alkyl halides is 1. The molecule has 0 aromatic carbocycles. The maximum absolute atomic E-state index is 5.94. The van der Waals surface area contributed by atoms with E-state index in [2.05, 4.69) is 26.1 Å². The van der Waals surface area contributed by atoms with Crippen molar-refractivity contribution >= 4 is 11.6 Å². The fourth-order valence-corrected chi connectivity index (χ4v) is 0.665. The SMILES string of the molecule is CCCNC(C)(C)C(C)Cl. The standard InChI is InChI=1S/C8H18ClN/c1-5-6-10-8(3,4)7(2)9/h7,10H,5-6H2,1-4H3. The molecule has 0 radical (unpaired) electrons. The molecule has 0 spiro atoms. The van der Waals surface area contributed by atoms with Gasteiger partial charge in [0.1, 0.15) is 0 Å². The van der Waals surface area contributed by atoms with Crippen molar-refractivity contribution in [3.05, 3.63) is 0 Å². The van der Waals surface area contributed by atoms with Crippen LogP contribution >= 0.6 is 11.6 Å². The van der Waals surface area contributed by atoms with E-state index in [9.17, 15) is 0 Å². The minimum Gasteiger partial charge on any atom is -0.310 e. The van der Waals surface area contributed by atoms with E-state index in [1.807, 2.05) is 6.92 Å². The van der Waals surface area contributed by atoms with Gasteiger partial charge in [-0.15, -0.1) is 11.6 Å². The molecule has 1 N–H and O–H groups in total. The predicted molar refractivity (Wildman–Crippen MR) is 47.7 cm³/mol. The van der Waals surface area contributed by atoms with Crippen molar-refractivity contribution in [2.24, 2.45) is 0 Å². The molecule has 10 heavy (non-hydrogen) atoms. The van der Waals surface area contributed by atoms with Crippen LogP contribution in [0.1, 0.15) is 34.1 Å². The normalized spacial score (nSPS) is 15.3. The third-order valence-corrected chi connectivity index (χ3v) is 2.37. The summed E-state index contributed by atoms with van der Waals surface area (Å²) in [6.07, 6.45) is 1.16. The highest BCUT2D eigenvalue weighted by Crippen LogP contribution is 2.13. The van der Waals surface area contributed by atoms with Crippen LogP contribution in [-0.2, 0) is 0 Å². The van der Waals surface area contributed by atoms with Crippen molar-refractivity contribution in [3.63, 3.8) is 0 Å². The Labute approximate surface area is 69.1 Å². The van der Waals surface area contributed by atoms with Crippen LogP contribution in [-0.4, -0.2) is 17.5 Å². The summed E-state index contributed by atoms with van der Waals surface area (Å²) in [5, 5.41) is 3.56. The van der Waals surface area contributed by atoms with Gasteiger partial charge in [0.05, 0.1) is 0 Å². The van der Waals surface area contributed by atoms with E-state index in [4.69, 9.17) is 11.6 Å². The Kier molecular flexibility index (Phi) is 4.30. The zero-order valence-corrected chi connectivity index (χ0v) is 8.13. The summed E-state index contributed by atoms with van der Waals surface area (Å²) in [6.45, 7) is 9.47. The van der Waals surface area contributed by atoms with Gasteiger partial charge in [0, 0.05) is 10.9 Å². The van der Waals surface area contributed by atoms with E-state index in [1.54, 1.807) is 0 Å². The molecule has 1 atom stereocenters. The molecule has 0 aliphatic carbocycles. The van der Waals surface area contributed by atoms with Gasteiger partial charge in [-0.05, 0) is 33.7 Å². The first kappa shape index (κ1) is 10.2. The molecule has 0 rings (SSSR count). The molecule has 0 bridgehead atoms. The minimum atomic E-state index is 0.0670. The van der Waals surface area contributed by atoms with Crippen molar-refractivity contribution in [2.75, 3.05) is 6.54 Å². The average Bonchev–Trinajstić information content (AvgIpc) is 1.84. The fraction of sp³-hybridized carbons (Fsp3) is 1.00. The maximum atomic E-state index is 5.94. The van der Waals surface area contributed by atoms with Crippen LogP contribution < -0.4 is 5.32 Å². The van der Waals surface area contributed by atoms with Crippen molar-refractivity contribution in [3.8, 4) is 0 Å². The lowest BCUT2D eigenvalue weighted by atomic mass is 10.0. The van der Waals surface area contributed by atoms with Gasteiger partial charge < -0.3 is 5.32 Å². The highest BCUT2D eigenvalue weighted by Gasteiger charge is 2.21. The van der Waals surface area contributed by atoms with Crippen molar-refractivity contribution < 1.29 is 0 Å². The van der Waals surface area contributed by atoms with Crippen LogP contribution in [0.15, 0.2) is 0 Å². The highest BCUT2D eigenvalue weighted by molar-refractivity contribution is 6.21. The number of halogens is 1. The third kappa shape index (κ3) is 3.43. The molecule has 0 saturated heterocycles. The molecule has 62 valence electrons. The van der Waals surface area contributed by atoms with Gasteiger partial charge in [-0.1, -0.05) is 6.92 Å². The van der Waals surface area contributed by atoms with Gasteiger partial charge in [-0.25, -0.2) is 0 Å². The van der Waals surface area contributed by atoms with Crippen molar-refractivity contribution in [1.29, 1.82) is 0 Å². The first-order valence-corrected chi connectivity index (χ1v) is 4.33. The predicted octanol–water partition coefficient (Wildman–Crippen LogP) is 2.39. The van der Waals surface area contributed by atoms with E-state index in [0.717, 1.165) is 13.0 Å². The smallest absolute Gasteiger partial charge is 0.0484 e. The van der Waals surface area contributed by atoms with Crippen molar-refractivity contribution in [2.45, 2.75) is 45.0 Å². The summed E-state index contributed by atoms with van der Waals surface area (Å²) in [5.74, 6) is 0. The summed E-state index contributed by atoms with van der Waals surface area (Å²) in [7, 11) is 0.